The average molecular weight is 378 g/mol. The quantitative estimate of drug-likeness (QED) is 0.633. The molecule has 2 aromatic rings. The molecule has 0 unspecified atom stereocenters. The van der Waals surface area contributed by atoms with Gasteiger partial charge in [0.2, 0.25) is 0 Å². The zero-order valence-electron chi connectivity index (χ0n) is 17.1. The molecule has 1 saturated heterocycles. The molecule has 0 spiro atoms. The van der Waals surface area contributed by atoms with E-state index in [-0.39, 0.29) is 18.2 Å². The number of benzene rings is 2. The summed E-state index contributed by atoms with van der Waals surface area (Å²) in [6.07, 6.45) is 0.411. The highest BCUT2D eigenvalue weighted by Crippen LogP contribution is 2.32. The van der Waals surface area contributed by atoms with E-state index in [1.54, 1.807) is 0 Å². The second-order valence-electron chi connectivity index (χ2n) is 7.50. The van der Waals surface area contributed by atoms with E-state index in [0.717, 1.165) is 32.7 Å². The smallest absolute Gasteiger partial charge is 0.319 e. The third-order valence-corrected chi connectivity index (χ3v) is 5.92. The predicted octanol–water partition coefficient (Wildman–Crippen LogP) is 3.96. The molecule has 5 heteroatoms. The lowest BCUT2D eigenvalue weighted by Crippen LogP contribution is -2.43. The molecule has 28 heavy (non-hydrogen) atoms. The van der Waals surface area contributed by atoms with Crippen molar-refractivity contribution < 1.29 is 14.4 Å². The summed E-state index contributed by atoms with van der Waals surface area (Å²) in [5.41, 5.74) is 4.04. The van der Waals surface area contributed by atoms with E-state index in [9.17, 15) is 14.4 Å². The lowest BCUT2D eigenvalue weighted by atomic mass is 9.87. The number of urea groups is 1. The molecular formula is C23H26N2O3. The van der Waals surface area contributed by atoms with Gasteiger partial charge in [-0.15, -0.1) is 0 Å². The van der Waals surface area contributed by atoms with Crippen LogP contribution in [0.25, 0.3) is 0 Å². The normalized spacial score (nSPS) is 19.1. The number of amides is 3. The molecule has 146 valence electrons. The van der Waals surface area contributed by atoms with Crippen molar-refractivity contribution in [2.24, 2.45) is 0 Å². The van der Waals surface area contributed by atoms with Crippen molar-refractivity contribution in [3.63, 3.8) is 0 Å². The number of nitrogens with one attached hydrogen (secondary N) is 1. The van der Waals surface area contributed by atoms with E-state index in [1.165, 1.54) is 0 Å². The van der Waals surface area contributed by atoms with Gasteiger partial charge < -0.3 is 5.32 Å². The van der Waals surface area contributed by atoms with Crippen molar-refractivity contribution in [2.45, 2.75) is 46.6 Å². The highest BCUT2D eigenvalue weighted by Gasteiger charge is 2.51. The van der Waals surface area contributed by atoms with E-state index < -0.39 is 11.6 Å². The Labute approximate surface area is 165 Å². The molecule has 1 aliphatic rings. The summed E-state index contributed by atoms with van der Waals surface area (Å²) in [7, 11) is 0. The molecule has 3 rings (SSSR count). The van der Waals surface area contributed by atoms with Crippen LogP contribution >= 0.6 is 0 Å². The van der Waals surface area contributed by atoms with Crippen molar-refractivity contribution in [2.75, 3.05) is 6.54 Å². The van der Waals surface area contributed by atoms with Crippen LogP contribution in [0.4, 0.5) is 4.79 Å². The van der Waals surface area contributed by atoms with E-state index in [0.29, 0.717) is 12.0 Å². The van der Waals surface area contributed by atoms with Gasteiger partial charge in [0.25, 0.3) is 5.91 Å². The Morgan fingerprint density at radius 3 is 2.11 bits per heavy atom. The number of Topliss-reactive ketones (excluding diaryl/α,β-unsaturated/α-hetero) is 1. The number of rotatable bonds is 5. The van der Waals surface area contributed by atoms with Crippen LogP contribution in [0.2, 0.25) is 0 Å². The maximum Gasteiger partial charge on any atom is 0.325 e. The number of nitrogens with zero attached hydrogens (tertiary/aromatic N) is 1. The zero-order chi connectivity index (χ0) is 20.6. The van der Waals surface area contributed by atoms with Crippen LogP contribution in [0.15, 0.2) is 36.4 Å². The van der Waals surface area contributed by atoms with Gasteiger partial charge in [0.1, 0.15) is 5.54 Å². The molecule has 0 radical (unpaired) electrons. The summed E-state index contributed by atoms with van der Waals surface area (Å²) in [5, 5.41) is 2.83. The van der Waals surface area contributed by atoms with Gasteiger partial charge in [0.05, 0.1) is 6.54 Å². The van der Waals surface area contributed by atoms with Crippen molar-refractivity contribution >= 4 is 17.7 Å². The third kappa shape index (κ3) is 3.01. The van der Waals surface area contributed by atoms with E-state index in [1.807, 2.05) is 71.0 Å². The second-order valence-corrected chi connectivity index (χ2v) is 7.50. The second kappa shape index (κ2) is 7.23. The van der Waals surface area contributed by atoms with Gasteiger partial charge in [-0.1, -0.05) is 43.3 Å². The Balaban J connectivity index is 1.95. The fourth-order valence-corrected chi connectivity index (χ4v) is 3.99. The third-order valence-electron chi connectivity index (χ3n) is 5.92. The fraction of sp³-hybridized carbons (Fsp3) is 0.348. The highest BCUT2D eigenvalue weighted by molar-refractivity contribution is 6.12. The van der Waals surface area contributed by atoms with Crippen LogP contribution in [0.3, 0.4) is 0 Å². The van der Waals surface area contributed by atoms with Crippen molar-refractivity contribution in [3.05, 3.63) is 69.8 Å². The summed E-state index contributed by atoms with van der Waals surface area (Å²) in [6, 6.07) is 10.7. The highest BCUT2D eigenvalue weighted by atomic mass is 16.2. The number of ketones is 1. The molecule has 1 aliphatic heterocycles. The minimum Gasteiger partial charge on any atom is -0.319 e. The van der Waals surface area contributed by atoms with Gasteiger partial charge in [-0.05, 0) is 61.9 Å². The standard InChI is InChI=1S/C23H26N2O3/c1-6-23(18-10-8-7-9-11-18)21(27)25(22(28)24-23)13-19(26)20-16(4)14(2)12-15(3)17(20)5/h7-12H,6,13H2,1-5H3,(H,24,28)/t23-/m0/s1. The van der Waals surface area contributed by atoms with Crippen molar-refractivity contribution in [1.29, 1.82) is 0 Å². The summed E-state index contributed by atoms with van der Waals surface area (Å²) in [4.78, 5) is 40.0. The molecule has 3 amide bonds. The van der Waals surface area contributed by atoms with Crippen LogP contribution in [-0.2, 0) is 10.3 Å². The van der Waals surface area contributed by atoms with Gasteiger partial charge in [-0.2, -0.15) is 0 Å². The summed E-state index contributed by atoms with van der Waals surface area (Å²) < 4.78 is 0. The van der Waals surface area contributed by atoms with Crippen LogP contribution in [-0.4, -0.2) is 29.2 Å². The summed E-state index contributed by atoms with van der Waals surface area (Å²) in [5.74, 6) is -0.593. The van der Waals surface area contributed by atoms with Crippen molar-refractivity contribution in [3.8, 4) is 0 Å². The molecular weight excluding hydrogens is 352 g/mol. The Kier molecular flexibility index (Phi) is 5.11. The Bertz CT molecular complexity index is 939. The lowest BCUT2D eigenvalue weighted by molar-refractivity contribution is -0.131. The topological polar surface area (TPSA) is 66.5 Å². The molecule has 0 aromatic heterocycles. The van der Waals surface area contributed by atoms with Gasteiger partial charge in [-0.25, -0.2) is 4.79 Å². The van der Waals surface area contributed by atoms with Gasteiger partial charge >= 0.3 is 6.03 Å². The number of hydrogen-bond donors (Lipinski definition) is 1. The van der Waals surface area contributed by atoms with Gasteiger partial charge in [0.15, 0.2) is 5.78 Å². The number of aryl methyl sites for hydroxylation is 2. The number of hydrogen-bond acceptors (Lipinski definition) is 3. The monoisotopic (exact) mass is 378 g/mol. The number of carbonyl (C=O) groups is 3. The minimum absolute atomic E-state index is 0.217. The number of imide groups is 1. The minimum atomic E-state index is -1.12. The largest absolute Gasteiger partial charge is 0.325 e. The molecule has 0 saturated carbocycles. The molecule has 5 nitrogen and oxygen atoms in total. The van der Waals surface area contributed by atoms with Crippen LogP contribution in [0.5, 0.6) is 0 Å². The molecule has 0 bridgehead atoms. The molecule has 2 aromatic carbocycles. The van der Waals surface area contributed by atoms with E-state index in [2.05, 4.69) is 5.32 Å². The summed E-state index contributed by atoms with van der Waals surface area (Å²) in [6.45, 7) is 9.33. The first-order valence-electron chi connectivity index (χ1n) is 9.53. The summed E-state index contributed by atoms with van der Waals surface area (Å²) >= 11 is 0. The van der Waals surface area contributed by atoms with Crippen LogP contribution < -0.4 is 5.32 Å². The van der Waals surface area contributed by atoms with E-state index in [4.69, 9.17) is 0 Å². The zero-order valence-corrected chi connectivity index (χ0v) is 17.1. The first-order chi connectivity index (χ1) is 13.2. The Morgan fingerprint density at radius 1 is 1.00 bits per heavy atom. The lowest BCUT2D eigenvalue weighted by Gasteiger charge is -2.25. The molecule has 1 fully saturated rings. The Morgan fingerprint density at radius 2 is 1.57 bits per heavy atom. The predicted molar refractivity (Wildman–Crippen MR) is 108 cm³/mol. The van der Waals surface area contributed by atoms with Gasteiger partial charge in [-0.3, -0.25) is 14.5 Å². The first kappa shape index (κ1) is 19.8. The molecule has 1 N–H and O–H groups in total. The number of carbonyl (C=O) groups excluding carboxylic acids is 3. The molecule has 1 atom stereocenters. The maximum atomic E-state index is 13.2. The SMILES string of the molecule is CC[C@@]1(c2ccccc2)NC(=O)N(CC(=O)c2c(C)c(C)cc(C)c2C)C1=O. The average Bonchev–Trinajstić information content (AvgIpc) is 2.92. The van der Waals surface area contributed by atoms with Crippen LogP contribution in [0.1, 0.15) is 51.5 Å². The van der Waals surface area contributed by atoms with E-state index >= 15 is 0 Å². The molecule has 1 heterocycles. The maximum absolute atomic E-state index is 13.2. The fourth-order valence-electron chi connectivity index (χ4n) is 3.99. The van der Waals surface area contributed by atoms with Crippen LogP contribution in [0, 0.1) is 27.7 Å². The van der Waals surface area contributed by atoms with Crippen molar-refractivity contribution in [1.82, 2.24) is 10.2 Å². The Hall–Kier alpha value is -2.95. The molecule has 0 aliphatic carbocycles. The van der Waals surface area contributed by atoms with Gasteiger partial charge in [0, 0.05) is 5.56 Å². The first-order valence-corrected chi connectivity index (χ1v) is 9.53.